The van der Waals surface area contributed by atoms with Gasteiger partial charge in [-0.15, -0.1) is 0 Å². The second-order valence-electron chi connectivity index (χ2n) is 2.94. The maximum absolute atomic E-state index is 11.6. The molecule has 0 bridgehead atoms. The highest BCUT2D eigenvalue weighted by atomic mass is 32.2. The fourth-order valence-corrected chi connectivity index (χ4v) is 2.77. The number of nitrogens with zero attached hydrogens (tertiary/aromatic N) is 1. The number of sulfone groups is 1. The summed E-state index contributed by atoms with van der Waals surface area (Å²) in [6, 6.07) is 3.27. The van der Waals surface area contributed by atoms with Gasteiger partial charge in [-0.05, 0) is 12.1 Å². The van der Waals surface area contributed by atoms with Crippen LogP contribution in [0.5, 0.6) is 0 Å². The average Bonchev–Trinajstić information content (AvgIpc) is 2.26. The number of pyridine rings is 1. The van der Waals surface area contributed by atoms with Gasteiger partial charge in [-0.2, -0.15) is 0 Å². The predicted molar refractivity (Wildman–Crippen MR) is 48.0 cm³/mol. The zero-order chi connectivity index (χ0) is 9.31. The summed E-state index contributed by atoms with van der Waals surface area (Å²) in [5.74, 6) is 0.158. The molecule has 0 aromatic carbocycles. The van der Waals surface area contributed by atoms with Crippen LogP contribution in [0.1, 0.15) is 5.69 Å². The van der Waals surface area contributed by atoms with Crippen LogP contribution >= 0.6 is 0 Å². The van der Waals surface area contributed by atoms with Crippen LogP contribution in [-0.2, 0) is 16.4 Å². The zero-order valence-electron chi connectivity index (χ0n) is 7.03. The number of nitrogens with one attached hydrogen (secondary N) is 1. The monoisotopic (exact) mass is 198 g/mol. The average molecular weight is 198 g/mol. The molecule has 1 aliphatic heterocycles. The van der Waals surface area contributed by atoms with Gasteiger partial charge < -0.3 is 5.32 Å². The van der Waals surface area contributed by atoms with Crippen molar-refractivity contribution in [2.45, 2.75) is 11.4 Å². The number of aromatic nitrogens is 1. The van der Waals surface area contributed by atoms with E-state index >= 15 is 0 Å². The SMILES string of the molecule is O=S1(=O)CCNCc2ncccc21. The van der Waals surface area contributed by atoms with E-state index in [0.29, 0.717) is 23.7 Å². The molecule has 0 atom stereocenters. The summed E-state index contributed by atoms with van der Waals surface area (Å²) in [6.45, 7) is 1.04. The summed E-state index contributed by atoms with van der Waals surface area (Å²) in [5.41, 5.74) is 0.625. The molecule has 1 N–H and O–H groups in total. The third-order valence-corrected chi connectivity index (χ3v) is 3.81. The summed E-state index contributed by atoms with van der Waals surface area (Å²) in [7, 11) is -3.10. The van der Waals surface area contributed by atoms with Gasteiger partial charge in [0.05, 0.1) is 16.3 Å². The minimum absolute atomic E-state index is 0.158. The lowest BCUT2D eigenvalue weighted by molar-refractivity contribution is 0.595. The van der Waals surface area contributed by atoms with Crippen LogP contribution in [0.3, 0.4) is 0 Å². The third-order valence-electron chi connectivity index (χ3n) is 2.02. The number of rotatable bonds is 0. The van der Waals surface area contributed by atoms with Crippen molar-refractivity contribution >= 4 is 9.84 Å². The molecule has 0 aliphatic carbocycles. The molecular formula is C8H10N2O2S. The van der Waals surface area contributed by atoms with Crippen molar-refractivity contribution in [1.82, 2.24) is 10.3 Å². The van der Waals surface area contributed by atoms with E-state index in [-0.39, 0.29) is 5.75 Å². The molecule has 1 aliphatic rings. The van der Waals surface area contributed by atoms with Gasteiger partial charge in [0.2, 0.25) is 0 Å². The number of hydrogen-bond donors (Lipinski definition) is 1. The maximum atomic E-state index is 11.6. The highest BCUT2D eigenvalue weighted by Gasteiger charge is 2.21. The van der Waals surface area contributed by atoms with Gasteiger partial charge in [0.25, 0.3) is 0 Å². The van der Waals surface area contributed by atoms with E-state index in [1.807, 2.05) is 0 Å². The number of fused-ring (bicyclic) bond motifs is 1. The van der Waals surface area contributed by atoms with Gasteiger partial charge in [-0.25, -0.2) is 8.42 Å². The number of hydrogen-bond acceptors (Lipinski definition) is 4. The summed E-state index contributed by atoms with van der Waals surface area (Å²) in [5, 5.41) is 3.02. The maximum Gasteiger partial charge on any atom is 0.181 e. The molecular weight excluding hydrogens is 188 g/mol. The van der Waals surface area contributed by atoms with E-state index < -0.39 is 9.84 Å². The van der Waals surface area contributed by atoms with Crippen molar-refractivity contribution in [3.05, 3.63) is 24.0 Å². The molecule has 70 valence electrons. The lowest BCUT2D eigenvalue weighted by atomic mass is 10.3. The lowest BCUT2D eigenvalue weighted by Crippen LogP contribution is -2.17. The highest BCUT2D eigenvalue weighted by molar-refractivity contribution is 7.91. The molecule has 0 fully saturated rings. The smallest absolute Gasteiger partial charge is 0.181 e. The second-order valence-corrected chi connectivity index (χ2v) is 5.02. The van der Waals surface area contributed by atoms with Crippen LogP contribution in [0, 0.1) is 0 Å². The lowest BCUT2D eigenvalue weighted by Gasteiger charge is -2.02. The quantitative estimate of drug-likeness (QED) is 0.635. The van der Waals surface area contributed by atoms with E-state index in [1.165, 1.54) is 0 Å². The Morgan fingerprint density at radius 1 is 1.46 bits per heavy atom. The Bertz CT molecular complexity index is 414. The van der Waals surface area contributed by atoms with Crippen molar-refractivity contribution in [3.8, 4) is 0 Å². The molecule has 0 unspecified atom stereocenters. The summed E-state index contributed by atoms with van der Waals surface area (Å²) < 4.78 is 23.2. The van der Waals surface area contributed by atoms with Crippen LogP contribution in [-0.4, -0.2) is 25.7 Å². The van der Waals surface area contributed by atoms with E-state index in [9.17, 15) is 8.42 Å². The van der Waals surface area contributed by atoms with E-state index in [2.05, 4.69) is 10.3 Å². The first kappa shape index (κ1) is 8.65. The Balaban J connectivity index is 2.62. The first-order chi connectivity index (χ1) is 6.20. The second kappa shape index (κ2) is 3.08. The van der Waals surface area contributed by atoms with Crippen molar-refractivity contribution in [2.75, 3.05) is 12.3 Å². The van der Waals surface area contributed by atoms with Gasteiger partial charge in [0.1, 0.15) is 0 Å². The van der Waals surface area contributed by atoms with Gasteiger partial charge >= 0.3 is 0 Å². The van der Waals surface area contributed by atoms with Crippen molar-refractivity contribution in [3.63, 3.8) is 0 Å². The van der Waals surface area contributed by atoms with Crippen molar-refractivity contribution < 1.29 is 8.42 Å². The molecule has 0 amide bonds. The molecule has 0 spiro atoms. The Hall–Kier alpha value is -0.940. The topological polar surface area (TPSA) is 59.1 Å². The molecule has 5 heteroatoms. The van der Waals surface area contributed by atoms with E-state index in [4.69, 9.17) is 0 Å². The molecule has 2 rings (SSSR count). The van der Waals surface area contributed by atoms with Crippen LogP contribution in [0.15, 0.2) is 23.2 Å². The Labute approximate surface area is 76.9 Å². The molecule has 0 radical (unpaired) electrons. The van der Waals surface area contributed by atoms with Crippen molar-refractivity contribution in [2.24, 2.45) is 0 Å². The highest BCUT2D eigenvalue weighted by Crippen LogP contribution is 2.16. The molecule has 1 aromatic rings. The van der Waals surface area contributed by atoms with Crippen LogP contribution in [0.2, 0.25) is 0 Å². The Morgan fingerprint density at radius 3 is 3.15 bits per heavy atom. The fraction of sp³-hybridized carbons (Fsp3) is 0.375. The van der Waals surface area contributed by atoms with Gasteiger partial charge in [0, 0.05) is 19.3 Å². The van der Waals surface area contributed by atoms with Gasteiger partial charge in [-0.1, -0.05) is 0 Å². The molecule has 13 heavy (non-hydrogen) atoms. The molecule has 1 aromatic heterocycles. The summed E-state index contributed by atoms with van der Waals surface area (Å²) in [6.07, 6.45) is 1.61. The van der Waals surface area contributed by atoms with E-state index in [0.717, 1.165) is 0 Å². The molecule has 0 saturated heterocycles. The molecule has 0 saturated carbocycles. The van der Waals surface area contributed by atoms with Crippen LogP contribution < -0.4 is 5.32 Å². The largest absolute Gasteiger partial charge is 0.310 e. The predicted octanol–water partition coefficient (Wildman–Crippen LogP) is -0.0415. The standard InChI is InChI=1S/C8H10N2O2S/c11-13(12)5-4-9-6-7-8(13)2-1-3-10-7/h1-3,9H,4-6H2. The summed E-state index contributed by atoms with van der Waals surface area (Å²) >= 11 is 0. The fourth-order valence-electron chi connectivity index (χ4n) is 1.36. The zero-order valence-corrected chi connectivity index (χ0v) is 7.84. The first-order valence-corrected chi connectivity index (χ1v) is 5.73. The minimum Gasteiger partial charge on any atom is -0.310 e. The van der Waals surface area contributed by atoms with Crippen molar-refractivity contribution in [1.29, 1.82) is 0 Å². The van der Waals surface area contributed by atoms with Crippen LogP contribution in [0.25, 0.3) is 0 Å². The van der Waals surface area contributed by atoms with E-state index in [1.54, 1.807) is 18.3 Å². The van der Waals surface area contributed by atoms with Gasteiger partial charge in [-0.3, -0.25) is 4.98 Å². The molecule has 2 heterocycles. The van der Waals surface area contributed by atoms with Gasteiger partial charge in [0.15, 0.2) is 9.84 Å². The first-order valence-electron chi connectivity index (χ1n) is 4.07. The Morgan fingerprint density at radius 2 is 2.31 bits per heavy atom. The van der Waals surface area contributed by atoms with Crippen LogP contribution in [0.4, 0.5) is 0 Å². The summed E-state index contributed by atoms with van der Waals surface area (Å²) in [4.78, 5) is 4.41. The normalized spacial score (nSPS) is 20.3. The third kappa shape index (κ3) is 1.57. The minimum atomic E-state index is -3.10. The molecule has 4 nitrogen and oxygen atoms in total. The Kier molecular flexibility index (Phi) is 2.05.